The maximum absolute atomic E-state index is 13.4. The van der Waals surface area contributed by atoms with E-state index in [0.717, 1.165) is 17.4 Å². The normalized spacial score (nSPS) is 31.8. The Morgan fingerprint density at radius 1 is 1.28 bits per heavy atom. The first-order valence-corrected chi connectivity index (χ1v) is 7.24. The summed E-state index contributed by atoms with van der Waals surface area (Å²) in [7, 11) is 0. The number of hydrogen-bond donors (Lipinski definition) is 1. The largest absolute Gasteiger partial charge is 0.327 e. The van der Waals surface area contributed by atoms with Crippen LogP contribution in [-0.2, 0) is 6.42 Å². The van der Waals surface area contributed by atoms with Gasteiger partial charge in [-0.3, -0.25) is 0 Å². The second-order valence-electron chi connectivity index (χ2n) is 5.77. The highest BCUT2D eigenvalue weighted by Crippen LogP contribution is 2.56. The lowest BCUT2D eigenvalue weighted by Gasteiger charge is -2.13. The summed E-state index contributed by atoms with van der Waals surface area (Å²) in [5.41, 5.74) is 7.16. The fourth-order valence-corrected chi connectivity index (χ4v) is 3.98. The van der Waals surface area contributed by atoms with Crippen molar-refractivity contribution in [1.82, 2.24) is 0 Å². The molecule has 3 rings (SSSR count). The fraction of sp³-hybridized carbons (Fsp3) is 0.600. The van der Waals surface area contributed by atoms with Crippen molar-refractivity contribution < 1.29 is 4.39 Å². The van der Waals surface area contributed by atoms with Crippen molar-refractivity contribution in [3.05, 3.63) is 34.6 Å². The molecule has 2 aliphatic rings. The average molecular weight is 268 g/mol. The van der Waals surface area contributed by atoms with Gasteiger partial charge in [-0.05, 0) is 48.6 Å². The van der Waals surface area contributed by atoms with Crippen molar-refractivity contribution in [3.8, 4) is 0 Å². The number of nitrogens with two attached hydrogens (primary N) is 1. The van der Waals surface area contributed by atoms with Crippen molar-refractivity contribution in [2.75, 3.05) is 0 Å². The molecular formula is C15H19ClFN. The van der Waals surface area contributed by atoms with E-state index in [1.54, 1.807) is 6.07 Å². The molecule has 2 saturated carbocycles. The van der Waals surface area contributed by atoms with Gasteiger partial charge in [0.25, 0.3) is 0 Å². The summed E-state index contributed by atoms with van der Waals surface area (Å²) in [5, 5.41) is 0.247. The molecule has 3 heteroatoms. The Labute approximate surface area is 113 Å². The van der Waals surface area contributed by atoms with Crippen LogP contribution in [0, 0.1) is 23.6 Å². The molecule has 98 valence electrons. The van der Waals surface area contributed by atoms with Gasteiger partial charge in [-0.15, -0.1) is 0 Å². The maximum Gasteiger partial charge on any atom is 0.142 e. The number of hydrogen-bond acceptors (Lipinski definition) is 1. The SMILES string of the molecule is NC(Cc1cccc(F)c1Cl)C1C2CCCCC21. The summed E-state index contributed by atoms with van der Waals surface area (Å²) in [6, 6.07) is 5.13. The van der Waals surface area contributed by atoms with E-state index in [-0.39, 0.29) is 16.9 Å². The number of rotatable bonds is 3. The van der Waals surface area contributed by atoms with Crippen LogP contribution in [0.3, 0.4) is 0 Å². The van der Waals surface area contributed by atoms with Crippen LogP contribution in [-0.4, -0.2) is 6.04 Å². The first-order chi connectivity index (χ1) is 8.68. The molecular weight excluding hydrogens is 249 g/mol. The molecule has 3 unspecified atom stereocenters. The zero-order chi connectivity index (χ0) is 12.7. The van der Waals surface area contributed by atoms with E-state index in [4.69, 9.17) is 17.3 Å². The first kappa shape index (κ1) is 12.4. The minimum atomic E-state index is -0.338. The van der Waals surface area contributed by atoms with Gasteiger partial charge in [0.1, 0.15) is 5.82 Å². The lowest BCUT2D eigenvalue weighted by Crippen LogP contribution is -2.27. The molecule has 0 amide bonds. The molecule has 1 aromatic carbocycles. The molecule has 0 spiro atoms. The predicted octanol–water partition coefficient (Wildman–Crippen LogP) is 3.79. The van der Waals surface area contributed by atoms with Crippen LogP contribution in [0.2, 0.25) is 5.02 Å². The molecule has 2 aliphatic carbocycles. The summed E-state index contributed by atoms with van der Waals surface area (Å²) < 4.78 is 13.4. The van der Waals surface area contributed by atoms with E-state index in [1.807, 2.05) is 6.07 Å². The minimum absolute atomic E-state index is 0.136. The summed E-state index contributed by atoms with van der Waals surface area (Å²) in [6.07, 6.45) is 6.07. The van der Waals surface area contributed by atoms with Gasteiger partial charge >= 0.3 is 0 Å². The Hall–Kier alpha value is -0.600. The van der Waals surface area contributed by atoms with E-state index in [9.17, 15) is 4.39 Å². The third-order valence-corrected chi connectivity index (χ3v) is 5.13. The Balaban J connectivity index is 1.68. The third-order valence-electron chi connectivity index (χ3n) is 4.70. The predicted molar refractivity (Wildman–Crippen MR) is 72.0 cm³/mol. The number of fused-ring (bicyclic) bond motifs is 1. The standard InChI is InChI=1S/C15H19ClFN/c16-15-9(4-3-7-12(15)17)8-13(18)14-10-5-1-2-6-11(10)14/h3-4,7,10-11,13-14H,1-2,5-6,8,18H2. The monoisotopic (exact) mass is 267 g/mol. The summed E-state index contributed by atoms with van der Waals surface area (Å²) in [4.78, 5) is 0. The average Bonchev–Trinajstić information content (AvgIpc) is 3.09. The van der Waals surface area contributed by atoms with Crippen molar-refractivity contribution in [1.29, 1.82) is 0 Å². The van der Waals surface area contributed by atoms with Gasteiger partial charge in [0.15, 0.2) is 0 Å². The van der Waals surface area contributed by atoms with Crippen LogP contribution in [0.25, 0.3) is 0 Å². The number of benzene rings is 1. The minimum Gasteiger partial charge on any atom is -0.327 e. The molecule has 1 nitrogen and oxygen atoms in total. The molecule has 0 aromatic heterocycles. The van der Waals surface area contributed by atoms with Crippen LogP contribution in [0.1, 0.15) is 31.2 Å². The van der Waals surface area contributed by atoms with Crippen LogP contribution >= 0.6 is 11.6 Å². The topological polar surface area (TPSA) is 26.0 Å². The molecule has 0 saturated heterocycles. The zero-order valence-electron chi connectivity index (χ0n) is 10.4. The van der Waals surface area contributed by atoms with E-state index in [0.29, 0.717) is 12.3 Å². The van der Waals surface area contributed by atoms with E-state index in [2.05, 4.69) is 0 Å². The van der Waals surface area contributed by atoms with Crippen LogP contribution < -0.4 is 5.73 Å². The van der Waals surface area contributed by atoms with Gasteiger partial charge < -0.3 is 5.73 Å². The molecule has 0 heterocycles. The molecule has 18 heavy (non-hydrogen) atoms. The molecule has 1 aromatic rings. The lowest BCUT2D eigenvalue weighted by molar-refractivity contribution is 0.480. The van der Waals surface area contributed by atoms with Gasteiger partial charge in [-0.25, -0.2) is 4.39 Å². The Bertz CT molecular complexity index is 436. The Kier molecular flexibility index (Phi) is 3.33. The van der Waals surface area contributed by atoms with Gasteiger partial charge in [-0.1, -0.05) is 36.6 Å². The fourth-order valence-electron chi connectivity index (χ4n) is 3.78. The Morgan fingerprint density at radius 2 is 1.94 bits per heavy atom. The van der Waals surface area contributed by atoms with Gasteiger partial charge in [-0.2, -0.15) is 0 Å². The van der Waals surface area contributed by atoms with Crippen molar-refractivity contribution >= 4 is 11.6 Å². The highest BCUT2D eigenvalue weighted by atomic mass is 35.5. The second-order valence-corrected chi connectivity index (χ2v) is 6.15. The van der Waals surface area contributed by atoms with E-state index < -0.39 is 0 Å². The van der Waals surface area contributed by atoms with Gasteiger partial charge in [0.2, 0.25) is 0 Å². The summed E-state index contributed by atoms with van der Waals surface area (Å²) >= 11 is 5.98. The third kappa shape index (κ3) is 2.17. The van der Waals surface area contributed by atoms with Crippen molar-refractivity contribution in [3.63, 3.8) is 0 Å². The molecule has 0 bridgehead atoms. The molecule has 0 radical (unpaired) electrons. The smallest absolute Gasteiger partial charge is 0.142 e. The van der Waals surface area contributed by atoms with E-state index >= 15 is 0 Å². The summed E-state index contributed by atoms with van der Waals surface area (Å²) in [5.74, 6) is 1.98. The first-order valence-electron chi connectivity index (χ1n) is 6.87. The second kappa shape index (κ2) is 4.82. The van der Waals surface area contributed by atoms with Crippen molar-refractivity contribution in [2.45, 2.75) is 38.1 Å². The van der Waals surface area contributed by atoms with E-state index in [1.165, 1.54) is 31.7 Å². The van der Waals surface area contributed by atoms with Gasteiger partial charge in [0, 0.05) is 6.04 Å². The van der Waals surface area contributed by atoms with Crippen molar-refractivity contribution in [2.24, 2.45) is 23.5 Å². The molecule has 3 atom stereocenters. The van der Waals surface area contributed by atoms with Crippen LogP contribution in [0.5, 0.6) is 0 Å². The lowest BCUT2D eigenvalue weighted by atomic mass is 10.0. The summed E-state index contributed by atoms with van der Waals surface area (Å²) in [6.45, 7) is 0. The zero-order valence-corrected chi connectivity index (χ0v) is 11.2. The van der Waals surface area contributed by atoms with Crippen LogP contribution in [0.15, 0.2) is 18.2 Å². The highest BCUT2D eigenvalue weighted by molar-refractivity contribution is 6.31. The quantitative estimate of drug-likeness (QED) is 0.886. The maximum atomic E-state index is 13.4. The van der Waals surface area contributed by atoms with Gasteiger partial charge in [0.05, 0.1) is 5.02 Å². The van der Waals surface area contributed by atoms with Crippen LogP contribution in [0.4, 0.5) is 4.39 Å². The molecule has 2 N–H and O–H groups in total. The number of halogens is 2. The molecule has 0 aliphatic heterocycles. The molecule has 2 fully saturated rings. The highest BCUT2D eigenvalue weighted by Gasteiger charge is 2.52. The Morgan fingerprint density at radius 3 is 2.61 bits per heavy atom.